The van der Waals surface area contributed by atoms with E-state index in [0.29, 0.717) is 13.1 Å². The summed E-state index contributed by atoms with van der Waals surface area (Å²) in [5.41, 5.74) is 7.88. The zero-order valence-electron chi connectivity index (χ0n) is 12.7. The molecule has 6 heteroatoms. The maximum absolute atomic E-state index is 11.8. The third-order valence-electron chi connectivity index (χ3n) is 3.50. The Morgan fingerprint density at radius 2 is 2.05 bits per heavy atom. The average Bonchev–Trinajstić information content (AvgIpc) is 2.74. The zero-order chi connectivity index (χ0) is 14.7. The van der Waals surface area contributed by atoms with Crippen LogP contribution in [0.3, 0.4) is 0 Å². The third-order valence-corrected chi connectivity index (χ3v) is 3.50. The molecule has 2 aromatic rings. The first kappa shape index (κ1) is 17.5. The molecule has 116 valence electrons. The number of carbonyl (C=O) groups excluding carboxylic acids is 1. The standard InChI is InChI=1S/C15H22N4O.ClH/c1-10(2)14(16)15(20)17-8-9-19-11(3)18-12-6-4-5-7-13(12)19;/h4-7,10,14H,8-9,16H2,1-3H3,(H,17,20);1H/t14-;/m0./s1. The highest BCUT2D eigenvalue weighted by Gasteiger charge is 2.16. The molecule has 1 aromatic carbocycles. The number of fused-ring (bicyclic) bond motifs is 1. The summed E-state index contributed by atoms with van der Waals surface area (Å²) in [7, 11) is 0. The fourth-order valence-electron chi connectivity index (χ4n) is 2.19. The number of nitrogens with two attached hydrogens (primary N) is 1. The quantitative estimate of drug-likeness (QED) is 0.885. The van der Waals surface area contributed by atoms with Crippen molar-refractivity contribution in [2.75, 3.05) is 6.54 Å². The van der Waals surface area contributed by atoms with Crippen molar-refractivity contribution in [1.29, 1.82) is 0 Å². The molecule has 0 spiro atoms. The largest absolute Gasteiger partial charge is 0.353 e. The molecule has 0 saturated heterocycles. The number of carbonyl (C=O) groups is 1. The molecule has 0 bridgehead atoms. The maximum atomic E-state index is 11.8. The Kier molecular flexibility index (Phi) is 6.18. The SMILES string of the molecule is Cc1nc2ccccc2n1CCNC(=O)[C@@H](N)C(C)C.Cl. The molecular formula is C15H23ClN4O. The van der Waals surface area contributed by atoms with Gasteiger partial charge in [-0.2, -0.15) is 0 Å². The van der Waals surface area contributed by atoms with Crippen LogP contribution in [0, 0.1) is 12.8 Å². The zero-order valence-corrected chi connectivity index (χ0v) is 13.5. The minimum atomic E-state index is -0.448. The second-order valence-corrected chi connectivity index (χ2v) is 5.36. The van der Waals surface area contributed by atoms with Crippen LogP contribution in [0.4, 0.5) is 0 Å². The number of nitrogens with zero attached hydrogens (tertiary/aromatic N) is 2. The Morgan fingerprint density at radius 1 is 1.38 bits per heavy atom. The van der Waals surface area contributed by atoms with Crippen molar-refractivity contribution >= 4 is 29.3 Å². The van der Waals surface area contributed by atoms with Gasteiger partial charge in [0.2, 0.25) is 5.91 Å². The molecule has 0 saturated carbocycles. The molecule has 1 atom stereocenters. The van der Waals surface area contributed by atoms with Crippen molar-refractivity contribution in [2.24, 2.45) is 11.7 Å². The van der Waals surface area contributed by atoms with E-state index in [4.69, 9.17) is 5.73 Å². The minimum absolute atomic E-state index is 0. The molecule has 1 aromatic heterocycles. The lowest BCUT2D eigenvalue weighted by atomic mass is 10.1. The highest BCUT2D eigenvalue weighted by molar-refractivity contribution is 5.85. The second kappa shape index (κ2) is 7.43. The average molecular weight is 311 g/mol. The van der Waals surface area contributed by atoms with E-state index in [2.05, 4.69) is 14.9 Å². The smallest absolute Gasteiger partial charge is 0.237 e. The molecule has 0 radical (unpaired) electrons. The lowest BCUT2D eigenvalue weighted by molar-refractivity contribution is -0.123. The van der Waals surface area contributed by atoms with Gasteiger partial charge >= 0.3 is 0 Å². The van der Waals surface area contributed by atoms with Crippen molar-refractivity contribution < 1.29 is 4.79 Å². The Morgan fingerprint density at radius 3 is 2.71 bits per heavy atom. The fourth-order valence-corrected chi connectivity index (χ4v) is 2.19. The predicted octanol–water partition coefficient (Wildman–Crippen LogP) is 1.87. The van der Waals surface area contributed by atoms with Gasteiger partial charge in [0.25, 0.3) is 0 Å². The van der Waals surface area contributed by atoms with Gasteiger partial charge < -0.3 is 15.6 Å². The first-order valence-electron chi connectivity index (χ1n) is 6.96. The van der Waals surface area contributed by atoms with Crippen LogP contribution in [0.15, 0.2) is 24.3 Å². The van der Waals surface area contributed by atoms with E-state index in [-0.39, 0.29) is 24.2 Å². The number of halogens is 1. The summed E-state index contributed by atoms with van der Waals surface area (Å²) < 4.78 is 2.11. The molecule has 5 nitrogen and oxygen atoms in total. The van der Waals surface area contributed by atoms with Crippen molar-refractivity contribution in [1.82, 2.24) is 14.9 Å². The van der Waals surface area contributed by atoms with Crippen LogP contribution in [0.2, 0.25) is 0 Å². The number of benzene rings is 1. The predicted molar refractivity (Wildman–Crippen MR) is 87.5 cm³/mol. The number of para-hydroxylation sites is 2. The van der Waals surface area contributed by atoms with Gasteiger partial charge in [0, 0.05) is 13.1 Å². The number of rotatable bonds is 5. The van der Waals surface area contributed by atoms with Crippen LogP contribution >= 0.6 is 12.4 Å². The highest BCUT2D eigenvalue weighted by Crippen LogP contribution is 2.14. The van der Waals surface area contributed by atoms with E-state index in [1.54, 1.807) is 0 Å². The molecule has 1 heterocycles. The van der Waals surface area contributed by atoms with Crippen molar-refractivity contribution in [3.05, 3.63) is 30.1 Å². The number of hydrogen-bond donors (Lipinski definition) is 2. The lowest BCUT2D eigenvalue weighted by Crippen LogP contribution is -2.44. The molecule has 21 heavy (non-hydrogen) atoms. The highest BCUT2D eigenvalue weighted by atomic mass is 35.5. The van der Waals surface area contributed by atoms with Crippen LogP contribution in [-0.4, -0.2) is 28.0 Å². The van der Waals surface area contributed by atoms with Crippen LogP contribution < -0.4 is 11.1 Å². The summed E-state index contributed by atoms with van der Waals surface area (Å²) >= 11 is 0. The van der Waals surface area contributed by atoms with Crippen molar-refractivity contribution in [3.8, 4) is 0 Å². The van der Waals surface area contributed by atoms with Gasteiger partial charge in [-0.25, -0.2) is 4.98 Å². The molecular weight excluding hydrogens is 288 g/mol. The third kappa shape index (κ3) is 3.95. The number of imidazole rings is 1. The number of aromatic nitrogens is 2. The monoisotopic (exact) mass is 310 g/mol. The molecule has 1 amide bonds. The summed E-state index contributed by atoms with van der Waals surface area (Å²) in [5, 5.41) is 2.88. The van der Waals surface area contributed by atoms with E-state index in [1.165, 1.54) is 0 Å². The van der Waals surface area contributed by atoms with Gasteiger partial charge in [-0.1, -0.05) is 26.0 Å². The van der Waals surface area contributed by atoms with Crippen molar-refractivity contribution in [2.45, 2.75) is 33.4 Å². The summed E-state index contributed by atoms with van der Waals surface area (Å²) in [5.74, 6) is 1.00. The summed E-state index contributed by atoms with van der Waals surface area (Å²) in [6.45, 7) is 7.11. The molecule has 0 aliphatic rings. The molecule has 3 N–H and O–H groups in total. The number of hydrogen-bond acceptors (Lipinski definition) is 3. The van der Waals surface area contributed by atoms with Gasteiger partial charge in [0.15, 0.2) is 0 Å². The first-order chi connectivity index (χ1) is 9.50. The molecule has 0 fully saturated rings. The Balaban J connectivity index is 0.00000220. The van der Waals surface area contributed by atoms with Crippen LogP contribution in [0.1, 0.15) is 19.7 Å². The lowest BCUT2D eigenvalue weighted by Gasteiger charge is -2.15. The minimum Gasteiger partial charge on any atom is -0.353 e. The first-order valence-corrected chi connectivity index (χ1v) is 6.96. The van der Waals surface area contributed by atoms with E-state index >= 15 is 0 Å². The van der Waals surface area contributed by atoms with Gasteiger partial charge in [0.1, 0.15) is 5.82 Å². The van der Waals surface area contributed by atoms with E-state index in [1.807, 2.05) is 45.0 Å². The fraction of sp³-hybridized carbons (Fsp3) is 0.467. The van der Waals surface area contributed by atoms with Crippen LogP contribution in [0.5, 0.6) is 0 Å². The Hall–Kier alpha value is -1.59. The van der Waals surface area contributed by atoms with Crippen molar-refractivity contribution in [3.63, 3.8) is 0 Å². The summed E-state index contributed by atoms with van der Waals surface area (Å²) in [6.07, 6.45) is 0. The summed E-state index contributed by atoms with van der Waals surface area (Å²) in [4.78, 5) is 16.3. The maximum Gasteiger partial charge on any atom is 0.237 e. The van der Waals surface area contributed by atoms with Gasteiger partial charge in [-0.3, -0.25) is 4.79 Å². The van der Waals surface area contributed by atoms with E-state index in [9.17, 15) is 4.79 Å². The van der Waals surface area contributed by atoms with Gasteiger partial charge in [0.05, 0.1) is 17.1 Å². The Labute approximate surface area is 131 Å². The molecule has 0 aliphatic heterocycles. The van der Waals surface area contributed by atoms with Crippen LogP contribution in [0.25, 0.3) is 11.0 Å². The van der Waals surface area contributed by atoms with E-state index in [0.717, 1.165) is 16.9 Å². The normalized spacial score (nSPS) is 12.2. The van der Waals surface area contributed by atoms with Crippen LogP contribution in [-0.2, 0) is 11.3 Å². The summed E-state index contributed by atoms with van der Waals surface area (Å²) in [6, 6.07) is 7.55. The number of aryl methyl sites for hydroxylation is 1. The van der Waals surface area contributed by atoms with Gasteiger partial charge in [-0.05, 0) is 25.0 Å². The molecule has 0 unspecified atom stereocenters. The van der Waals surface area contributed by atoms with Gasteiger partial charge in [-0.15, -0.1) is 12.4 Å². The Bertz CT molecular complexity index is 609. The molecule has 0 aliphatic carbocycles. The topological polar surface area (TPSA) is 72.9 Å². The number of nitrogens with one attached hydrogen (secondary N) is 1. The molecule has 2 rings (SSSR count). The van der Waals surface area contributed by atoms with E-state index < -0.39 is 6.04 Å². The second-order valence-electron chi connectivity index (χ2n) is 5.36. The number of amides is 1.